The highest BCUT2D eigenvalue weighted by molar-refractivity contribution is 6.00. The van der Waals surface area contributed by atoms with Gasteiger partial charge >= 0.3 is 0 Å². The minimum Gasteiger partial charge on any atom is -0.488 e. The van der Waals surface area contributed by atoms with Crippen molar-refractivity contribution >= 4 is 17.7 Å². The summed E-state index contributed by atoms with van der Waals surface area (Å²) < 4.78 is 12.2. The molecule has 6 bridgehead atoms. The van der Waals surface area contributed by atoms with Crippen LogP contribution in [0.2, 0.25) is 0 Å². The third kappa shape index (κ3) is 6.69. The van der Waals surface area contributed by atoms with E-state index in [9.17, 15) is 14.4 Å². The Balaban J connectivity index is 1.19. The number of hydrogen-bond acceptors (Lipinski definition) is 7. The summed E-state index contributed by atoms with van der Waals surface area (Å²) in [4.78, 5) is 53.7. The molecule has 0 aliphatic carbocycles. The van der Waals surface area contributed by atoms with Crippen LogP contribution in [0.25, 0.3) is 22.5 Å². The van der Waals surface area contributed by atoms with Crippen LogP contribution in [0, 0.1) is 0 Å². The molecule has 3 aliphatic heterocycles. The number of nitrogens with one attached hydrogen (secondary N) is 3. The summed E-state index contributed by atoms with van der Waals surface area (Å²) in [7, 11) is 0. The van der Waals surface area contributed by atoms with Crippen LogP contribution < -0.4 is 20.1 Å². The number of fused-ring (bicyclic) bond motifs is 7. The van der Waals surface area contributed by atoms with E-state index in [0.717, 1.165) is 11.1 Å². The highest BCUT2D eigenvalue weighted by Gasteiger charge is 2.35. The fraction of sp³-hybridized carbons (Fsp3) is 0.194. The van der Waals surface area contributed by atoms with Gasteiger partial charge in [0.1, 0.15) is 23.4 Å². The number of aromatic amines is 1. The lowest BCUT2D eigenvalue weighted by atomic mass is 9.98. The Hall–Kier alpha value is -5.97. The van der Waals surface area contributed by atoms with Gasteiger partial charge in [0, 0.05) is 62.0 Å². The number of carbonyl (C=O) groups excluding carboxylic acids is 3. The lowest BCUT2D eigenvalue weighted by Crippen LogP contribution is -2.58. The number of pyridine rings is 1. The van der Waals surface area contributed by atoms with Gasteiger partial charge in [-0.2, -0.15) is 0 Å². The number of hydrogen-bond donors (Lipinski definition) is 3. The highest BCUT2D eigenvalue weighted by Crippen LogP contribution is 2.27. The fourth-order valence-electron chi connectivity index (χ4n) is 5.85. The van der Waals surface area contributed by atoms with Crippen LogP contribution >= 0.6 is 0 Å². The molecule has 3 aromatic carbocycles. The number of carbonyl (C=O) groups is 3. The molecule has 8 rings (SSSR count). The molecule has 0 spiro atoms. The van der Waals surface area contributed by atoms with Crippen molar-refractivity contribution in [3.05, 3.63) is 120 Å². The van der Waals surface area contributed by atoms with Gasteiger partial charge < -0.3 is 30.0 Å². The maximum atomic E-state index is 13.9. The number of piperidine rings is 1. The van der Waals surface area contributed by atoms with E-state index < -0.39 is 12.1 Å². The number of aromatic nitrogens is 3. The molecule has 11 heteroatoms. The predicted octanol–water partition coefficient (Wildman–Crippen LogP) is 4.24. The standard InChI is InChI=1S/C36H32N6O5/c43-33-22-46-28-5-3-4-24(17-28)25-16-26(20-37-19-25)35(44)41-31-21-42(15-12-32(31)47-27-10-8-23(9-11-27)18-40-33)36(45)30-7-2-1-6-29(30)34-38-13-14-39-34/h1-11,13-14,16-17,19-20,31-32H,12,15,18,21-22H2,(H,38,39)(H,40,43)(H,41,44)/t31-,32+/m1/s1. The van der Waals surface area contributed by atoms with E-state index in [1.54, 1.807) is 47.8 Å². The predicted molar refractivity (Wildman–Crippen MR) is 174 cm³/mol. The van der Waals surface area contributed by atoms with Crippen molar-refractivity contribution in [1.29, 1.82) is 0 Å². The van der Waals surface area contributed by atoms with Gasteiger partial charge in [0.2, 0.25) is 0 Å². The Kier molecular flexibility index (Phi) is 8.33. The second-order valence-corrected chi connectivity index (χ2v) is 11.5. The Morgan fingerprint density at radius 2 is 1.74 bits per heavy atom. The third-order valence-electron chi connectivity index (χ3n) is 8.30. The molecule has 47 heavy (non-hydrogen) atoms. The summed E-state index contributed by atoms with van der Waals surface area (Å²) in [6.07, 6.45) is 6.62. The topological polar surface area (TPSA) is 139 Å². The zero-order chi connectivity index (χ0) is 32.2. The van der Waals surface area contributed by atoms with Crippen LogP contribution in [0.4, 0.5) is 0 Å². The molecule has 2 atom stereocenters. The molecule has 3 amide bonds. The first-order valence-electron chi connectivity index (χ1n) is 15.4. The summed E-state index contributed by atoms with van der Waals surface area (Å²) in [5.74, 6) is 1.00. The summed E-state index contributed by atoms with van der Waals surface area (Å²) in [6.45, 7) is 0.863. The number of H-pyrrole nitrogens is 1. The summed E-state index contributed by atoms with van der Waals surface area (Å²) >= 11 is 0. The fourth-order valence-corrected chi connectivity index (χ4v) is 5.85. The van der Waals surface area contributed by atoms with Crippen LogP contribution in [0.15, 0.2) is 104 Å². The van der Waals surface area contributed by atoms with Gasteiger partial charge in [-0.25, -0.2) is 4.98 Å². The van der Waals surface area contributed by atoms with Crippen LogP contribution in [0.3, 0.4) is 0 Å². The molecule has 5 heterocycles. The molecular weight excluding hydrogens is 596 g/mol. The van der Waals surface area contributed by atoms with E-state index in [1.807, 2.05) is 54.6 Å². The maximum Gasteiger partial charge on any atom is 0.258 e. The molecule has 0 saturated carbocycles. The Morgan fingerprint density at radius 1 is 0.894 bits per heavy atom. The van der Waals surface area contributed by atoms with E-state index in [0.29, 0.717) is 59.1 Å². The monoisotopic (exact) mass is 628 g/mol. The summed E-state index contributed by atoms with van der Waals surface area (Å²) in [6, 6.07) is 23.3. The zero-order valence-corrected chi connectivity index (χ0v) is 25.4. The van der Waals surface area contributed by atoms with Gasteiger partial charge in [-0.15, -0.1) is 0 Å². The molecule has 3 N–H and O–H groups in total. The molecule has 236 valence electrons. The largest absolute Gasteiger partial charge is 0.488 e. The molecular formula is C36H32N6O5. The van der Waals surface area contributed by atoms with Crippen molar-refractivity contribution < 1.29 is 23.9 Å². The molecule has 0 radical (unpaired) electrons. The van der Waals surface area contributed by atoms with Crippen molar-refractivity contribution in [3.8, 4) is 34.0 Å². The second-order valence-electron chi connectivity index (χ2n) is 11.5. The number of nitrogens with zero attached hydrogens (tertiary/aromatic N) is 3. The van der Waals surface area contributed by atoms with Crippen molar-refractivity contribution in [2.24, 2.45) is 0 Å². The van der Waals surface area contributed by atoms with Gasteiger partial charge in [-0.3, -0.25) is 19.4 Å². The maximum absolute atomic E-state index is 13.9. The number of benzene rings is 3. The molecule has 11 nitrogen and oxygen atoms in total. The van der Waals surface area contributed by atoms with Gasteiger partial charge in [0.15, 0.2) is 6.61 Å². The minimum atomic E-state index is -0.527. The second kappa shape index (κ2) is 13.2. The molecule has 5 aromatic rings. The first-order valence-corrected chi connectivity index (χ1v) is 15.4. The summed E-state index contributed by atoms with van der Waals surface area (Å²) in [5.41, 5.74) is 3.97. The van der Waals surface area contributed by atoms with Crippen molar-refractivity contribution in [1.82, 2.24) is 30.5 Å². The highest BCUT2D eigenvalue weighted by atomic mass is 16.5. The van der Waals surface area contributed by atoms with E-state index in [-0.39, 0.29) is 30.9 Å². The van der Waals surface area contributed by atoms with Gasteiger partial charge in [-0.1, -0.05) is 42.5 Å². The minimum absolute atomic E-state index is 0.137. The lowest BCUT2D eigenvalue weighted by Gasteiger charge is -2.39. The van der Waals surface area contributed by atoms with Crippen molar-refractivity contribution in [2.75, 3.05) is 19.7 Å². The van der Waals surface area contributed by atoms with Crippen LogP contribution in [0.1, 0.15) is 32.7 Å². The first-order chi connectivity index (χ1) is 23.0. The molecule has 1 fully saturated rings. The van der Waals surface area contributed by atoms with Gasteiger partial charge in [0.05, 0.1) is 17.2 Å². The number of ether oxygens (including phenoxy) is 2. The lowest BCUT2D eigenvalue weighted by molar-refractivity contribution is -0.123. The number of likely N-dealkylation sites (tertiary alicyclic amines) is 1. The Morgan fingerprint density at radius 3 is 2.60 bits per heavy atom. The Labute approximate surface area is 271 Å². The van der Waals surface area contributed by atoms with E-state index in [2.05, 4.69) is 25.6 Å². The third-order valence-corrected chi connectivity index (χ3v) is 8.30. The molecule has 1 saturated heterocycles. The van der Waals surface area contributed by atoms with Crippen LogP contribution in [-0.2, 0) is 11.3 Å². The van der Waals surface area contributed by atoms with Crippen molar-refractivity contribution in [3.63, 3.8) is 0 Å². The van der Waals surface area contributed by atoms with Gasteiger partial charge in [-0.05, 0) is 47.5 Å². The SMILES string of the molecule is O=C1COc2cccc(c2)-c2cncc(c2)C(=O)N[C@@H]2CN(C(=O)c3ccccc3-c3ncc[nH]3)CC[C@@H]2Oc2ccc(cc2)CN1. The van der Waals surface area contributed by atoms with Crippen LogP contribution in [0.5, 0.6) is 11.5 Å². The van der Waals surface area contributed by atoms with Crippen LogP contribution in [-0.4, -0.2) is 69.4 Å². The smallest absolute Gasteiger partial charge is 0.258 e. The van der Waals surface area contributed by atoms with Crippen molar-refractivity contribution in [2.45, 2.75) is 25.1 Å². The number of rotatable bonds is 2. The van der Waals surface area contributed by atoms with E-state index >= 15 is 0 Å². The zero-order valence-electron chi connectivity index (χ0n) is 25.4. The van der Waals surface area contributed by atoms with Gasteiger partial charge in [0.25, 0.3) is 17.7 Å². The number of amides is 3. The normalized spacial score (nSPS) is 18.2. The quantitative estimate of drug-likeness (QED) is 0.266. The Bertz CT molecular complexity index is 1910. The average Bonchev–Trinajstić information content (AvgIpc) is 3.66. The van der Waals surface area contributed by atoms with E-state index in [4.69, 9.17) is 9.47 Å². The molecule has 2 aromatic heterocycles. The summed E-state index contributed by atoms with van der Waals surface area (Å²) in [5, 5.41) is 6.02. The first kappa shape index (κ1) is 29.7. The number of imidazole rings is 1. The molecule has 0 unspecified atom stereocenters. The van der Waals surface area contributed by atoms with E-state index in [1.165, 1.54) is 6.20 Å². The molecule has 3 aliphatic rings. The average molecular weight is 629 g/mol.